The molecule has 0 aromatic heterocycles. The van der Waals surface area contributed by atoms with Crippen LogP contribution < -0.4 is 20.5 Å². The van der Waals surface area contributed by atoms with Gasteiger partial charge in [-0.2, -0.15) is 0 Å². The molecule has 0 saturated carbocycles. The molecule has 0 aliphatic rings. The van der Waals surface area contributed by atoms with Crippen molar-refractivity contribution in [2.45, 2.75) is 32.7 Å². The van der Waals surface area contributed by atoms with Crippen molar-refractivity contribution in [3.8, 4) is 11.5 Å². The Bertz CT molecular complexity index is 550. The van der Waals surface area contributed by atoms with Crippen LogP contribution >= 0.6 is 24.0 Å². The molecular weight excluding hydrogens is 443 g/mol. The van der Waals surface area contributed by atoms with E-state index in [1.54, 1.807) is 14.2 Å². The summed E-state index contributed by atoms with van der Waals surface area (Å²) in [4.78, 5) is 6.70. The minimum absolute atomic E-state index is 0. The van der Waals surface area contributed by atoms with Crippen molar-refractivity contribution in [1.29, 1.82) is 0 Å². The molecule has 0 aliphatic heterocycles. The van der Waals surface area contributed by atoms with E-state index in [4.69, 9.17) is 15.2 Å². The highest BCUT2D eigenvalue weighted by molar-refractivity contribution is 14.0. The van der Waals surface area contributed by atoms with Gasteiger partial charge in [0.1, 0.15) is 0 Å². The summed E-state index contributed by atoms with van der Waals surface area (Å²) in [6, 6.07) is 6.34. The van der Waals surface area contributed by atoms with Crippen molar-refractivity contribution in [1.82, 2.24) is 10.2 Å². The maximum atomic E-state index is 5.99. The van der Waals surface area contributed by atoms with Crippen molar-refractivity contribution >= 4 is 29.9 Å². The quantitative estimate of drug-likeness (QED) is 0.308. The predicted molar refractivity (Wildman–Crippen MR) is 120 cm³/mol. The van der Waals surface area contributed by atoms with E-state index in [1.807, 2.05) is 18.2 Å². The predicted octanol–water partition coefficient (Wildman–Crippen LogP) is 2.74. The summed E-state index contributed by atoms with van der Waals surface area (Å²) in [6.07, 6.45) is 1.94. The van der Waals surface area contributed by atoms with E-state index in [0.29, 0.717) is 24.5 Å². The van der Waals surface area contributed by atoms with Gasteiger partial charge in [-0.3, -0.25) is 4.99 Å². The van der Waals surface area contributed by atoms with Crippen molar-refractivity contribution in [3.63, 3.8) is 0 Å². The first-order chi connectivity index (χ1) is 11.9. The average molecular weight is 478 g/mol. The number of hydrogen-bond acceptors (Lipinski definition) is 4. The van der Waals surface area contributed by atoms with Gasteiger partial charge in [-0.15, -0.1) is 24.0 Å². The Kier molecular flexibility index (Phi) is 12.4. The summed E-state index contributed by atoms with van der Waals surface area (Å²) < 4.78 is 10.6. The molecule has 3 N–H and O–H groups in total. The summed E-state index contributed by atoms with van der Waals surface area (Å²) in [5.41, 5.74) is 7.15. The van der Waals surface area contributed by atoms with E-state index in [-0.39, 0.29) is 24.0 Å². The van der Waals surface area contributed by atoms with Gasteiger partial charge in [0.15, 0.2) is 17.5 Å². The molecule has 6 nitrogen and oxygen atoms in total. The monoisotopic (exact) mass is 478 g/mol. The van der Waals surface area contributed by atoms with Crippen molar-refractivity contribution in [2.24, 2.45) is 16.6 Å². The molecule has 26 heavy (non-hydrogen) atoms. The van der Waals surface area contributed by atoms with Crippen LogP contribution in [-0.4, -0.2) is 58.3 Å². The van der Waals surface area contributed by atoms with E-state index < -0.39 is 0 Å². The Balaban J connectivity index is 0.00000625. The number of likely N-dealkylation sites (N-methyl/N-ethyl adjacent to an activating group) is 1. The first-order valence-corrected chi connectivity index (χ1v) is 8.78. The summed E-state index contributed by atoms with van der Waals surface area (Å²) in [5.74, 6) is 2.61. The lowest BCUT2D eigenvalue weighted by molar-refractivity contribution is 0.261. The van der Waals surface area contributed by atoms with Crippen molar-refractivity contribution < 1.29 is 9.47 Å². The largest absolute Gasteiger partial charge is 0.493 e. The van der Waals surface area contributed by atoms with E-state index in [0.717, 1.165) is 36.4 Å². The van der Waals surface area contributed by atoms with Crippen molar-refractivity contribution in [2.75, 3.05) is 41.4 Å². The summed E-state index contributed by atoms with van der Waals surface area (Å²) in [7, 11) is 7.45. The molecule has 0 fully saturated rings. The molecule has 0 aliphatic carbocycles. The average Bonchev–Trinajstić information content (AvgIpc) is 2.57. The zero-order chi connectivity index (χ0) is 18.8. The van der Waals surface area contributed by atoms with E-state index in [1.165, 1.54) is 0 Å². The number of guanidine groups is 1. The lowest BCUT2D eigenvalue weighted by Crippen LogP contribution is -2.37. The molecular formula is C19H35IN4O2. The van der Waals surface area contributed by atoms with E-state index >= 15 is 0 Å². The highest BCUT2D eigenvalue weighted by Crippen LogP contribution is 2.27. The summed E-state index contributed by atoms with van der Waals surface area (Å²) in [5, 5.41) is 3.18. The maximum absolute atomic E-state index is 5.99. The second-order valence-electron chi connectivity index (χ2n) is 6.84. The molecule has 0 bridgehead atoms. The fourth-order valence-corrected chi connectivity index (χ4v) is 2.62. The Hall–Kier alpha value is -1.22. The molecule has 7 heteroatoms. The molecule has 150 valence electrons. The first-order valence-electron chi connectivity index (χ1n) is 8.78. The molecule has 1 aromatic rings. The van der Waals surface area contributed by atoms with Gasteiger partial charge in [0, 0.05) is 12.6 Å². The number of methoxy groups -OCH3 is 2. The number of rotatable bonds is 10. The van der Waals surface area contributed by atoms with E-state index in [2.05, 4.69) is 43.2 Å². The van der Waals surface area contributed by atoms with Gasteiger partial charge in [0.2, 0.25) is 0 Å². The van der Waals surface area contributed by atoms with Crippen LogP contribution in [0.15, 0.2) is 23.2 Å². The van der Waals surface area contributed by atoms with Gasteiger partial charge in [-0.1, -0.05) is 19.9 Å². The van der Waals surface area contributed by atoms with Crippen LogP contribution in [0, 0.1) is 5.92 Å². The number of nitrogens with one attached hydrogen (secondary N) is 1. The molecule has 1 aromatic carbocycles. The lowest BCUT2D eigenvalue weighted by Gasteiger charge is -2.24. The van der Waals surface area contributed by atoms with Gasteiger partial charge in [-0.25, -0.2) is 0 Å². The molecule has 1 unspecified atom stereocenters. The third kappa shape index (κ3) is 8.93. The highest BCUT2D eigenvalue weighted by atomic mass is 127. The molecule has 0 amide bonds. The Labute approximate surface area is 175 Å². The van der Waals surface area contributed by atoms with Crippen LogP contribution in [0.2, 0.25) is 0 Å². The standard InChI is InChI=1S/C19H34N4O2.HI/c1-14(2)11-16(23(3)4)13-22-19(20)21-10-9-15-7-8-17(24-5)18(12-15)25-6;/h7-8,12,14,16H,9-11,13H2,1-6H3,(H3,20,21,22);1H. The second kappa shape index (κ2) is 13.0. The summed E-state index contributed by atoms with van der Waals surface area (Å²) in [6.45, 7) is 5.89. The second-order valence-corrected chi connectivity index (χ2v) is 6.84. The fraction of sp³-hybridized carbons (Fsp3) is 0.632. The zero-order valence-corrected chi connectivity index (χ0v) is 19.2. The van der Waals surface area contributed by atoms with Crippen LogP contribution in [0.4, 0.5) is 0 Å². The Morgan fingerprint density at radius 2 is 1.85 bits per heavy atom. The number of halogens is 1. The molecule has 0 saturated heterocycles. The molecule has 1 rings (SSSR count). The Morgan fingerprint density at radius 1 is 1.19 bits per heavy atom. The van der Waals surface area contributed by atoms with Gasteiger partial charge in [0.05, 0.1) is 20.8 Å². The number of hydrogen-bond donors (Lipinski definition) is 2. The minimum atomic E-state index is 0. The lowest BCUT2D eigenvalue weighted by atomic mass is 10.0. The topological polar surface area (TPSA) is 72.1 Å². The SMILES string of the molecule is COc1ccc(CCNC(N)=NCC(CC(C)C)N(C)C)cc1OC.I. The first kappa shape index (κ1) is 24.8. The maximum Gasteiger partial charge on any atom is 0.188 e. The normalized spacial score (nSPS) is 12.7. The Morgan fingerprint density at radius 3 is 2.38 bits per heavy atom. The van der Waals surface area contributed by atoms with Crippen LogP contribution in [0.25, 0.3) is 0 Å². The number of aliphatic imine (C=N–C) groups is 1. The number of nitrogens with two attached hydrogens (primary N) is 1. The van der Waals surface area contributed by atoms with Gasteiger partial charge in [0.25, 0.3) is 0 Å². The smallest absolute Gasteiger partial charge is 0.188 e. The van der Waals surface area contributed by atoms with Crippen LogP contribution in [-0.2, 0) is 6.42 Å². The number of ether oxygens (including phenoxy) is 2. The minimum Gasteiger partial charge on any atom is -0.493 e. The third-order valence-electron chi connectivity index (χ3n) is 4.11. The summed E-state index contributed by atoms with van der Waals surface area (Å²) >= 11 is 0. The molecule has 0 spiro atoms. The van der Waals surface area contributed by atoms with Crippen molar-refractivity contribution in [3.05, 3.63) is 23.8 Å². The fourth-order valence-electron chi connectivity index (χ4n) is 2.62. The number of nitrogens with zero attached hydrogens (tertiary/aromatic N) is 2. The zero-order valence-electron chi connectivity index (χ0n) is 16.9. The number of benzene rings is 1. The van der Waals surface area contributed by atoms with Gasteiger partial charge < -0.3 is 25.4 Å². The van der Waals surface area contributed by atoms with Gasteiger partial charge >= 0.3 is 0 Å². The molecule has 0 radical (unpaired) electrons. The van der Waals surface area contributed by atoms with Crippen LogP contribution in [0.1, 0.15) is 25.8 Å². The molecule has 0 heterocycles. The third-order valence-corrected chi connectivity index (χ3v) is 4.11. The van der Waals surface area contributed by atoms with Gasteiger partial charge in [-0.05, 0) is 50.6 Å². The van der Waals surface area contributed by atoms with Crippen LogP contribution in [0.5, 0.6) is 11.5 Å². The van der Waals surface area contributed by atoms with Crippen LogP contribution in [0.3, 0.4) is 0 Å². The highest BCUT2D eigenvalue weighted by Gasteiger charge is 2.12. The van der Waals surface area contributed by atoms with E-state index in [9.17, 15) is 0 Å². The molecule has 1 atom stereocenters.